The van der Waals surface area contributed by atoms with Crippen LogP contribution in [0.5, 0.6) is 0 Å². The van der Waals surface area contributed by atoms with E-state index >= 15 is 0 Å². The lowest BCUT2D eigenvalue weighted by molar-refractivity contribution is -0.131. The lowest BCUT2D eigenvalue weighted by Gasteiger charge is -2.21. The first kappa shape index (κ1) is 31.5. The molecular formula is C30H39Cl2N5O3S. The standard InChI is InChI=1S/C30H39Cl2N5O3S/c1-19-20(2)22(4)30(23(5)21(19)3)41(39,40)33-14-11-28(38)36-15-7-8-24(12-16-36)13-17-37-18-27(34-35-37)29-25(31)9-6-10-26(29)32/h6,9-10,18,24,33H,7-8,11-17H2,1-5H3. The molecule has 41 heavy (non-hydrogen) atoms. The van der Waals surface area contributed by atoms with Gasteiger partial charge in [-0.05, 0) is 106 Å². The van der Waals surface area contributed by atoms with Crippen molar-refractivity contribution in [1.82, 2.24) is 24.6 Å². The summed E-state index contributed by atoms with van der Waals surface area (Å²) in [5.74, 6) is 0.442. The fraction of sp³-hybridized carbons (Fsp3) is 0.500. The van der Waals surface area contributed by atoms with Crippen molar-refractivity contribution in [1.29, 1.82) is 0 Å². The number of aromatic nitrogens is 3. The van der Waals surface area contributed by atoms with Crippen LogP contribution in [0.2, 0.25) is 10.0 Å². The Bertz CT molecular complexity index is 1490. The number of aryl methyl sites for hydroxylation is 1. The van der Waals surface area contributed by atoms with Crippen LogP contribution in [0.25, 0.3) is 11.3 Å². The Morgan fingerprint density at radius 3 is 2.27 bits per heavy atom. The molecule has 1 saturated heterocycles. The van der Waals surface area contributed by atoms with Crippen molar-refractivity contribution < 1.29 is 13.2 Å². The number of sulfonamides is 1. The zero-order chi connectivity index (χ0) is 29.9. The zero-order valence-corrected chi connectivity index (χ0v) is 26.8. The number of hydrogen-bond acceptors (Lipinski definition) is 5. The molecule has 0 bridgehead atoms. The first-order valence-electron chi connectivity index (χ1n) is 14.1. The molecule has 3 aromatic rings. The van der Waals surface area contributed by atoms with Crippen molar-refractivity contribution in [3.05, 3.63) is 62.3 Å². The summed E-state index contributed by atoms with van der Waals surface area (Å²) in [6.07, 6.45) is 5.77. The van der Waals surface area contributed by atoms with Gasteiger partial charge in [0.15, 0.2) is 0 Å². The molecule has 1 fully saturated rings. The van der Waals surface area contributed by atoms with Gasteiger partial charge < -0.3 is 4.90 Å². The average molecular weight is 621 g/mol. The van der Waals surface area contributed by atoms with E-state index in [0.29, 0.717) is 51.8 Å². The van der Waals surface area contributed by atoms with Gasteiger partial charge in [-0.3, -0.25) is 9.48 Å². The molecule has 0 radical (unpaired) electrons. The van der Waals surface area contributed by atoms with Crippen molar-refractivity contribution in [3.63, 3.8) is 0 Å². The van der Waals surface area contributed by atoms with E-state index in [0.717, 1.165) is 53.5 Å². The quantitative estimate of drug-likeness (QED) is 0.308. The minimum absolute atomic E-state index is 0.0180. The minimum atomic E-state index is -3.73. The maximum Gasteiger partial charge on any atom is 0.241 e. The van der Waals surface area contributed by atoms with Crippen LogP contribution in [0.4, 0.5) is 0 Å². The molecule has 0 saturated carbocycles. The number of carbonyl (C=O) groups is 1. The summed E-state index contributed by atoms with van der Waals surface area (Å²) in [5, 5.41) is 9.59. The molecule has 0 aliphatic carbocycles. The highest BCUT2D eigenvalue weighted by atomic mass is 35.5. The number of benzene rings is 2. The Morgan fingerprint density at radius 2 is 1.61 bits per heavy atom. The molecule has 1 atom stereocenters. The molecule has 8 nitrogen and oxygen atoms in total. The van der Waals surface area contributed by atoms with Gasteiger partial charge in [-0.25, -0.2) is 13.1 Å². The zero-order valence-electron chi connectivity index (χ0n) is 24.4. The van der Waals surface area contributed by atoms with Crippen LogP contribution in [0.3, 0.4) is 0 Å². The average Bonchev–Trinajstić information content (AvgIpc) is 3.25. The van der Waals surface area contributed by atoms with E-state index in [1.807, 2.05) is 50.4 Å². The molecule has 2 aromatic carbocycles. The number of carbonyl (C=O) groups excluding carboxylic acids is 1. The summed E-state index contributed by atoms with van der Waals surface area (Å²) in [6.45, 7) is 11.8. The lowest BCUT2D eigenvalue weighted by atomic mass is 9.95. The molecule has 1 amide bonds. The van der Waals surface area contributed by atoms with E-state index in [1.54, 1.807) is 18.2 Å². The summed E-state index contributed by atoms with van der Waals surface area (Å²) in [7, 11) is -3.73. The van der Waals surface area contributed by atoms with E-state index in [4.69, 9.17) is 23.2 Å². The van der Waals surface area contributed by atoms with Crippen molar-refractivity contribution in [2.45, 2.75) is 78.2 Å². The molecular weight excluding hydrogens is 581 g/mol. The van der Waals surface area contributed by atoms with Crippen molar-refractivity contribution in [3.8, 4) is 11.3 Å². The first-order chi connectivity index (χ1) is 19.4. The summed E-state index contributed by atoms with van der Waals surface area (Å²) >= 11 is 12.6. The molecule has 11 heteroatoms. The van der Waals surface area contributed by atoms with E-state index in [-0.39, 0.29) is 18.9 Å². The second-order valence-electron chi connectivity index (χ2n) is 11.0. The van der Waals surface area contributed by atoms with Gasteiger partial charge in [-0.15, -0.1) is 5.10 Å². The normalized spacial score (nSPS) is 16.2. The number of nitrogens with one attached hydrogen (secondary N) is 1. The molecule has 4 rings (SSSR count). The van der Waals surface area contributed by atoms with Crippen molar-refractivity contribution in [2.24, 2.45) is 5.92 Å². The third-order valence-corrected chi connectivity index (χ3v) is 10.9. The number of halogens is 2. The van der Waals surface area contributed by atoms with Gasteiger partial charge in [-0.2, -0.15) is 0 Å². The third-order valence-electron chi connectivity index (χ3n) is 8.56. The minimum Gasteiger partial charge on any atom is -0.343 e. The van der Waals surface area contributed by atoms with Crippen LogP contribution in [-0.2, 0) is 21.4 Å². The van der Waals surface area contributed by atoms with Gasteiger partial charge in [0.2, 0.25) is 15.9 Å². The Kier molecular flexibility index (Phi) is 10.2. The summed E-state index contributed by atoms with van der Waals surface area (Å²) in [5.41, 5.74) is 5.93. The first-order valence-corrected chi connectivity index (χ1v) is 16.3. The second kappa shape index (κ2) is 13.2. The maximum atomic E-state index is 13.2. The van der Waals surface area contributed by atoms with Crippen LogP contribution in [0, 0.1) is 40.5 Å². The van der Waals surface area contributed by atoms with Gasteiger partial charge in [0, 0.05) is 38.2 Å². The fourth-order valence-electron chi connectivity index (χ4n) is 5.67. The fourth-order valence-corrected chi connectivity index (χ4v) is 7.89. The molecule has 1 unspecified atom stereocenters. The number of rotatable bonds is 9. The molecule has 1 aliphatic rings. The van der Waals surface area contributed by atoms with Crippen LogP contribution in [0.15, 0.2) is 29.3 Å². The highest BCUT2D eigenvalue weighted by Gasteiger charge is 2.25. The van der Waals surface area contributed by atoms with Gasteiger partial charge in [-0.1, -0.05) is 34.5 Å². The molecule has 222 valence electrons. The predicted molar refractivity (Wildman–Crippen MR) is 164 cm³/mol. The van der Waals surface area contributed by atoms with E-state index in [1.165, 1.54) is 0 Å². The summed E-state index contributed by atoms with van der Waals surface area (Å²) in [4.78, 5) is 15.2. The number of hydrogen-bond donors (Lipinski definition) is 1. The van der Waals surface area contributed by atoms with Crippen LogP contribution in [-0.4, -0.2) is 53.9 Å². The molecule has 1 aromatic heterocycles. The Morgan fingerprint density at radius 1 is 0.976 bits per heavy atom. The topological polar surface area (TPSA) is 97.2 Å². The van der Waals surface area contributed by atoms with Gasteiger partial charge in [0.05, 0.1) is 21.1 Å². The molecule has 0 spiro atoms. The summed E-state index contributed by atoms with van der Waals surface area (Å²) < 4.78 is 30.9. The molecule has 1 aliphatic heterocycles. The van der Waals surface area contributed by atoms with Crippen LogP contribution < -0.4 is 4.72 Å². The Balaban J connectivity index is 1.27. The van der Waals surface area contributed by atoms with Gasteiger partial charge in [0.25, 0.3) is 0 Å². The Labute approximate surface area is 253 Å². The number of nitrogens with zero attached hydrogens (tertiary/aromatic N) is 4. The maximum absolute atomic E-state index is 13.2. The van der Waals surface area contributed by atoms with Crippen LogP contribution in [0.1, 0.15) is 59.9 Å². The van der Waals surface area contributed by atoms with Gasteiger partial charge >= 0.3 is 0 Å². The van der Waals surface area contributed by atoms with Crippen molar-refractivity contribution in [2.75, 3.05) is 19.6 Å². The molecule has 1 N–H and O–H groups in total. The molecule has 2 heterocycles. The van der Waals surface area contributed by atoms with E-state index in [9.17, 15) is 13.2 Å². The second-order valence-corrected chi connectivity index (χ2v) is 13.6. The van der Waals surface area contributed by atoms with E-state index in [2.05, 4.69) is 15.0 Å². The monoisotopic (exact) mass is 619 g/mol. The third kappa shape index (κ3) is 7.13. The van der Waals surface area contributed by atoms with E-state index < -0.39 is 10.0 Å². The Hall–Kier alpha value is -2.46. The van der Waals surface area contributed by atoms with Crippen molar-refractivity contribution >= 4 is 39.1 Å². The lowest BCUT2D eigenvalue weighted by Crippen LogP contribution is -2.35. The largest absolute Gasteiger partial charge is 0.343 e. The van der Waals surface area contributed by atoms with Crippen LogP contribution >= 0.6 is 23.2 Å². The van der Waals surface area contributed by atoms with Gasteiger partial charge in [0.1, 0.15) is 5.69 Å². The smallest absolute Gasteiger partial charge is 0.241 e. The summed E-state index contributed by atoms with van der Waals surface area (Å²) in [6, 6.07) is 5.36. The highest BCUT2D eigenvalue weighted by molar-refractivity contribution is 7.89. The highest BCUT2D eigenvalue weighted by Crippen LogP contribution is 2.33. The SMILES string of the molecule is Cc1c(C)c(C)c(S(=O)(=O)NCCC(=O)N2CCCC(CCn3cc(-c4c(Cl)cccc4Cl)nn3)CC2)c(C)c1C. The number of likely N-dealkylation sites (tertiary alicyclic amines) is 1. The number of amides is 1. The predicted octanol–water partition coefficient (Wildman–Crippen LogP) is 6.18.